The molecule has 2 aliphatic heterocycles. The lowest BCUT2D eigenvalue weighted by Crippen LogP contribution is -2.38. The smallest absolute Gasteiger partial charge is 0.416 e. The van der Waals surface area contributed by atoms with E-state index in [1.54, 1.807) is 18.0 Å². The van der Waals surface area contributed by atoms with Crippen molar-refractivity contribution in [1.29, 1.82) is 0 Å². The lowest BCUT2D eigenvalue weighted by molar-refractivity contribution is 0.104. The van der Waals surface area contributed by atoms with Crippen molar-refractivity contribution in [3.05, 3.63) is 28.9 Å². The van der Waals surface area contributed by atoms with E-state index in [0.29, 0.717) is 12.4 Å². The van der Waals surface area contributed by atoms with Gasteiger partial charge in [-0.25, -0.2) is 23.5 Å². The number of ether oxygens (including phenoxy) is 1. The Balaban J connectivity index is 1.79. The highest BCUT2D eigenvalue weighted by molar-refractivity contribution is 9.10. The minimum atomic E-state index is -2.68. The fourth-order valence-electron chi connectivity index (χ4n) is 2.84. The molecule has 0 radical (unpaired) electrons. The number of aryl methyl sites for hydroxylation is 1. The standard InChI is InChI=1S/C15H12BrF2N3O2S/c16-8-1-2-9-11(5-8)24-4-3-20-6-12(19-14(9)20)21-10(13(17)18)7-23-15(21)22/h1-2,5-6,10,13H,3-4,7H2/t10-/m0/s1. The molecule has 3 heterocycles. The second-order valence-electron chi connectivity index (χ2n) is 5.45. The molecule has 1 saturated heterocycles. The highest BCUT2D eigenvalue weighted by Crippen LogP contribution is 2.38. The Morgan fingerprint density at radius 3 is 3.04 bits per heavy atom. The van der Waals surface area contributed by atoms with E-state index in [0.717, 1.165) is 25.6 Å². The summed E-state index contributed by atoms with van der Waals surface area (Å²) in [5.74, 6) is 1.71. The van der Waals surface area contributed by atoms with E-state index in [2.05, 4.69) is 20.9 Å². The fraction of sp³-hybridized carbons (Fsp3) is 0.333. The third kappa shape index (κ3) is 2.59. The van der Waals surface area contributed by atoms with Gasteiger partial charge in [-0.05, 0) is 18.2 Å². The number of nitrogens with zero attached hydrogens (tertiary/aromatic N) is 3. The van der Waals surface area contributed by atoms with Crippen molar-refractivity contribution in [1.82, 2.24) is 9.55 Å². The van der Waals surface area contributed by atoms with Crippen LogP contribution in [-0.2, 0) is 11.3 Å². The molecule has 5 nitrogen and oxygen atoms in total. The van der Waals surface area contributed by atoms with Crippen LogP contribution in [0.2, 0.25) is 0 Å². The number of rotatable bonds is 2. The zero-order chi connectivity index (χ0) is 16.8. The highest BCUT2D eigenvalue weighted by atomic mass is 79.9. The number of benzene rings is 1. The Hall–Kier alpha value is -1.61. The van der Waals surface area contributed by atoms with Crippen LogP contribution in [0, 0.1) is 0 Å². The number of hydrogen-bond donors (Lipinski definition) is 0. The number of carbonyl (C=O) groups is 1. The van der Waals surface area contributed by atoms with E-state index in [9.17, 15) is 13.6 Å². The largest absolute Gasteiger partial charge is 0.447 e. The molecule has 1 amide bonds. The first-order valence-corrected chi connectivity index (χ1v) is 9.06. The van der Waals surface area contributed by atoms with Crippen LogP contribution in [0.4, 0.5) is 19.4 Å². The fourth-order valence-corrected chi connectivity index (χ4v) is 4.39. The zero-order valence-electron chi connectivity index (χ0n) is 12.3. The Labute approximate surface area is 149 Å². The van der Waals surface area contributed by atoms with Gasteiger partial charge >= 0.3 is 6.09 Å². The highest BCUT2D eigenvalue weighted by Gasteiger charge is 2.41. The first-order valence-electron chi connectivity index (χ1n) is 7.28. The zero-order valence-corrected chi connectivity index (χ0v) is 14.7. The van der Waals surface area contributed by atoms with Gasteiger partial charge in [0.25, 0.3) is 6.43 Å². The number of carbonyl (C=O) groups excluding carboxylic acids is 1. The van der Waals surface area contributed by atoms with E-state index in [4.69, 9.17) is 4.74 Å². The van der Waals surface area contributed by atoms with E-state index >= 15 is 0 Å². The monoisotopic (exact) mass is 415 g/mol. The van der Waals surface area contributed by atoms with Crippen LogP contribution in [-0.4, -0.2) is 40.5 Å². The first-order chi connectivity index (χ1) is 11.5. The van der Waals surface area contributed by atoms with Crippen LogP contribution < -0.4 is 4.90 Å². The third-order valence-electron chi connectivity index (χ3n) is 3.98. The van der Waals surface area contributed by atoms with Crippen LogP contribution >= 0.6 is 27.7 Å². The summed E-state index contributed by atoms with van der Waals surface area (Å²) in [6.07, 6.45) is -1.81. The summed E-state index contributed by atoms with van der Waals surface area (Å²) in [6, 6.07) is 4.56. The molecule has 0 saturated carbocycles. The Morgan fingerprint density at radius 2 is 2.25 bits per heavy atom. The number of aromatic nitrogens is 2. The van der Waals surface area contributed by atoms with Crippen LogP contribution in [0.15, 0.2) is 33.8 Å². The molecule has 1 aromatic heterocycles. The summed E-state index contributed by atoms with van der Waals surface area (Å²) in [5, 5.41) is 0. The number of fused-ring (bicyclic) bond motifs is 3. The Bertz CT molecular complexity index is 814. The maximum atomic E-state index is 13.2. The van der Waals surface area contributed by atoms with Gasteiger partial charge in [-0.2, -0.15) is 0 Å². The topological polar surface area (TPSA) is 47.4 Å². The van der Waals surface area contributed by atoms with Crippen molar-refractivity contribution in [2.45, 2.75) is 23.9 Å². The van der Waals surface area contributed by atoms with Crippen molar-refractivity contribution >= 4 is 39.6 Å². The molecule has 0 N–H and O–H groups in total. The van der Waals surface area contributed by atoms with Crippen LogP contribution in [0.1, 0.15) is 0 Å². The van der Waals surface area contributed by atoms with Gasteiger partial charge in [-0.1, -0.05) is 15.9 Å². The minimum absolute atomic E-state index is 0.207. The molecule has 1 fully saturated rings. The normalized spacial score (nSPS) is 19.9. The van der Waals surface area contributed by atoms with E-state index in [1.807, 2.05) is 22.8 Å². The van der Waals surface area contributed by atoms with Gasteiger partial charge < -0.3 is 9.30 Å². The summed E-state index contributed by atoms with van der Waals surface area (Å²) >= 11 is 5.17. The quantitative estimate of drug-likeness (QED) is 0.743. The molecule has 0 spiro atoms. The molecule has 24 heavy (non-hydrogen) atoms. The van der Waals surface area contributed by atoms with Gasteiger partial charge in [0.05, 0.1) is 0 Å². The molecule has 2 aliphatic rings. The average molecular weight is 416 g/mol. The van der Waals surface area contributed by atoms with E-state index < -0.39 is 18.6 Å². The van der Waals surface area contributed by atoms with Gasteiger partial charge in [-0.3, -0.25) is 0 Å². The third-order valence-corrected chi connectivity index (χ3v) is 5.51. The molecule has 0 bridgehead atoms. The number of thioether (sulfide) groups is 1. The maximum absolute atomic E-state index is 13.2. The molecule has 126 valence electrons. The minimum Gasteiger partial charge on any atom is -0.447 e. The van der Waals surface area contributed by atoms with Crippen molar-refractivity contribution in [2.75, 3.05) is 17.3 Å². The van der Waals surface area contributed by atoms with Crippen LogP contribution in [0.5, 0.6) is 0 Å². The number of amides is 1. The van der Waals surface area contributed by atoms with Crippen molar-refractivity contribution in [2.24, 2.45) is 0 Å². The van der Waals surface area contributed by atoms with Crippen molar-refractivity contribution in [3.63, 3.8) is 0 Å². The lowest BCUT2D eigenvalue weighted by Gasteiger charge is -2.17. The molecule has 9 heteroatoms. The molecule has 0 aliphatic carbocycles. The molecule has 1 atom stereocenters. The predicted octanol–water partition coefficient (Wildman–Crippen LogP) is 4.01. The molecular formula is C15H12BrF2N3O2S. The maximum Gasteiger partial charge on any atom is 0.416 e. The molecule has 2 aromatic rings. The van der Waals surface area contributed by atoms with Crippen molar-refractivity contribution < 1.29 is 18.3 Å². The van der Waals surface area contributed by atoms with Gasteiger partial charge in [-0.15, -0.1) is 11.8 Å². The molecule has 1 aromatic carbocycles. The second-order valence-corrected chi connectivity index (χ2v) is 7.51. The second kappa shape index (κ2) is 6.03. The summed E-state index contributed by atoms with van der Waals surface area (Å²) in [5.41, 5.74) is 0.924. The molecule has 4 rings (SSSR count). The Morgan fingerprint density at radius 1 is 1.42 bits per heavy atom. The number of cyclic esters (lactones) is 1. The predicted molar refractivity (Wildman–Crippen MR) is 89.7 cm³/mol. The summed E-state index contributed by atoms with van der Waals surface area (Å²) in [7, 11) is 0. The summed E-state index contributed by atoms with van der Waals surface area (Å²) < 4.78 is 34.0. The van der Waals surface area contributed by atoms with Gasteiger partial charge in [0, 0.05) is 33.4 Å². The number of alkyl halides is 2. The average Bonchev–Trinajstić information content (AvgIpc) is 3.07. The number of anilines is 1. The number of imidazole rings is 1. The van der Waals surface area contributed by atoms with Crippen molar-refractivity contribution in [3.8, 4) is 11.4 Å². The Kier molecular flexibility index (Phi) is 4.00. The lowest BCUT2D eigenvalue weighted by atomic mass is 10.2. The molecule has 0 unspecified atom stereocenters. The van der Waals surface area contributed by atoms with Crippen LogP contribution in [0.3, 0.4) is 0 Å². The number of halogens is 3. The molecular weight excluding hydrogens is 404 g/mol. The first kappa shape index (κ1) is 15.9. The van der Waals surface area contributed by atoms with Crippen LogP contribution in [0.25, 0.3) is 11.4 Å². The van der Waals surface area contributed by atoms with Gasteiger partial charge in [0.2, 0.25) is 0 Å². The van der Waals surface area contributed by atoms with Gasteiger partial charge in [0.1, 0.15) is 18.5 Å². The summed E-state index contributed by atoms with van der Waals surface area (Å²) in [4.78, 5) is 18.4. The van der Waals surface area contributed by atoms with E-state index in [-0.39, 0.29) is 12.4 Å². The van der Waals surface area contributed by atoms with E-state index in [1.165, 1.54) is 0 Å². The van der Waals surface area contributed by atoms with Gasteiger partial charge in [0.15, 0.2) is 5.82 Å². The number of hydrogen-bond acceptors (Lipinski definition) is 4. The summed E-state index contributed by atoms with van der Waals surface area (Å²) in [6.45, 7) is 0.361. The SMILES string of the molecule is O=C1OC[C@@H](C(F)F)N1c1cn2c(n1)-c1ccc(Br)cc1SCC2.